The Morgan fingerprint density at radius 1 is 0.591 bits per heavy atom. The molecule has 0 spiro atoms. The van der Waals surface area contributed by atoms with E-state index in [0.29, 0.717) is 17.1 Å². The van der Waals surface area contributed by atoms with Crippen LogP contribution in [-0.2, 0) is 24.6 Å². The number of rotatable bonds is 3. The molecule has 1 aromatic heterocycles. The van der Waals surface area contributed by atoms with E-state index < -0.39 is 41.1 Å². The summed E-state index contributed by atoms with van der Waals surface area (Å²) in [5, 5.41) is 0. The zero-order valence-corrected chi connectivity index (χ0v) is 24.9. The number of nitrogens with zero attached hydrogens (tertiary/aromatic N) is 4. The van der Waals surface area contributed by atoms with E-state index in [2.05, 4.69) is 13.8 Å². The lowest BCUT2D eigenvalue weighted by Gasteiger charge is -2.29. The lowest BCUT2D eigenvalue weighted by atomic mass is 9.81. The van der Waals surface area contributed by atoms with Crippen molar-refractivity contribution in [2.24, 2.45) is 0 Å². The molecule has 44 heavy (non-hydrogen) atoms. The molecular weight excluding hydrogens is 564 g/mol. The molecular formula is C33H28N4O7. The van der Waals surface area contributed by atoms with Crippen LogP contribution in [0.3, 0.4) is 0 Å². The van der Waals surface area contributed by atoms with Gasteiger partial charge >= 0.3 is 12.1 Å². The molecule has 0 N–H and O–H groups in total. The molecule has 2 fully saturated rings. The maximum atomic E-state index is 12.7. The number of barbiturate groups is 2. The predicted octanol–water partition coefficient (Wildman–Crippen LogP) is 4.12. The third-order valence-electron chi connectivity index (χ3n) is 8.50. The van der Waals surface area contributed by atoms with Gasteiger partial charge in [0.1, 0.15) is 22.7 Å². The van der Waals surface area contributed by atoms with Crippen molar-refractivity contribution < 1.29 is 33.2 Å². The first-order chi connectivity index (χ1) is 20.7. The van der Waals surface area contributed by atoms with Crippen molar-refractivity contribution in [2.75, 3.05) is 28.2 Å². The van der Waals surface area contributed by atoms with Gasteiger partial charge in [-0.2, -0.15) is 0 Å². The minimum absolute atomic E-state index is 0.0877. The van der Waals surface area contributed by atoms with Gasteiger partial charge in [0, 0.05) is 39.2 Å². The van der Waals surface area contributed by atoms with Crippen LogP contribution in [0.5, 0.6) is 0 Å². The van der Waals surface area contributed by atoms with Crippen LogP contribution < -0.4 is 0 Å². The highest BCUT2D eigenvalue weighted by Gasteiger charge is 2.40. The Balaban J connectivity index is 1.32. The highest BCUT2D eigenvalue weighted by molar-refractivity contribution is 6.31. The first-order valence-corrected chi connectivity index (χ1v) is 13.8. The Hall–Kier alpha value is -5.58. The summed E-state index contributed by atoms with van der Waals surface area (Å²) in [6, 6.07) is 13.7. The average molecular weight is 593 g/mol. The van der Waals surface area contributed by atoms with Crippen LogP contribution in [0.4, 0.5) is 9.59 Å². The maximum Gasteiger partial charge on any atom is 0.333 e. The fourth-order valence-electron chi connectivity index (χ4n) is 5.84. The Labute approximate surface area is 252 Å². The minimum atomic E-state index is -0.701. The fourth-order valence-corrected chi connectivity index (χ4v) is 5.84. The zero-order valence-electron chi connectivity index (χ0n) is 24.9. The second-order valence-electron chi connectivity index (χ2n) is 11.5. The molecule has 2 aliphatic heterocycles. The Bertz CT molecular complexity index is 1880. The van der Waals surface area contributed by atoms with E-state index in [-0.39, 0.29) is 11.1 Å². The van der Waals surface area contributed by atoms with Crippen molar-refractivity contribution in [1.29, 1.82) is 0 Å². The summed E-state index contributed by atoms with van der Waals surface area (Å²) >= 11 is 0. The van der Waals surface area contributed by atoms with Crippen molar-refractivity contribution in [3.63, 3.8) is 0 Å². The third-order valence-corrected chi connectivity index (χ3v) is 8.50. The van der Waals surface area contributed by atoms with Crippen LogP contribution >= 0.6 is 0 Å². The summed E-state index contributed by atoms with van der Waals surface area (Å²) in [6.45, 7) is 4.17. The van der Waals surface area contributed by atoms with Gasteiger partial charge in [-0.3, -0.25) is 38.8 Å². The molecule has 0 bridgehead atoms. The Morgan fingerprint density at radius 2 is 1.07 bits per heavy atom. The second-order valence-corrected chi connectivity index (χ2v) is 11.5. The van der Waals surface area contributed by atoms with Gasteiger partial charge in [-0.15, -0.1) is 0 Å². The molecule has 0 radical (unpaired) electrons. The number of carbonyl (C=O) groups is 6. The standard InChI is InChI=1S/C33H28N4O7/c1-33(2)24-14-17(13-22-27(38)34(3)31(42)35(4)28(22)39)7-10-20(24)21-11-8-18(15-25(21)33)26-12-9-19(44-26)16-23-29(40)36(5)32(43)37(6)30(23)41/h7-16H,1-6H3. The van der Waals surface area contributed by atoms with E-state index in [1.54, 1.807) is 12.1 Å². The number of hydrogen-bond donors (Lipinski definition) is 0. The number of amides is 8. The van der Waals surface area contributed by atoms with E-state index in [1.807, 2.05) is 36.4 Å². The highest BCUT2D eigenvalue weighted by atomic mass is 16.3. The van der Waals surface area contributed by atoms with Gasteiger partial charge in [-0.25, -0.2) is 9.59 Å². The van der Waals surface area contributed by atoms with Gasteiger partial charge in [0.2, 0.25) is 0 Å². The monoisotopic (exact) mass is 592 g/mol. The SMILES string of the molecule is CN1C(=O)C(=Cc2ccc3c(c2)C(C)(C)c2cc(-c4ccc(C=C5C(=O)N(C)C(=O)N(C)C5=O)o4)ccc2-3)C(=O)N(C)C1=O. The largest absolute Gasteiger partial charge is 0.457 e. The number of hydrogen-bond acceptors (Lipinski definition) is 7. The zero-order chi connectivity index (χ0) is 31.8. The third kappa shape index (κ3) is 4.11. The van der Waals surface area contributed by atoms with Crippen molar-refractivity contribution in [2.45, 2.75) is 19.3 Å². The van der Waals surface area contributed by atoms with Crippen LogP contribution in [0.25, 0.3) is 34.6 Å². The van der Waals surface area contributed by atoms with Crippen molar-refractivity contribution >= 4 is 47.8 Å². The molecule has 11 heteroatoms. The van der Waals surface area contributed by atoms with Gasteiger partial charge in [0.25, 0.3) is 23.6 Å². The molecule has 1 aliphatic carbocycles. The molecule has 3 aromatic rings. The average Bonchev–Trinajstić information content (AvgIpc) is 3.57. The van der Waals surface area contributed by atoms with Crippen molar-refractivity contribution in [3.05, 3.63) is 82.1 Å². The molecule has 0 saturated carbocycles. The van der Waals surface area contributed by atoms with Crippen LogP contribution in [0.15, 0.2) is 64.1 Å². The first-order valence-electron chi connectivity index (χ1n) is 13.8. The van der Waals surface area contributed by atoms with E-state index in [1.165, 1.54) is 40.3 Å². The summed E-state index contributed by atoms with van der Waals surface area (Å²) in [5.74, 6) is -1.88. The van der Waals surface area contributed by atoms with E-state index in [4.69, 9.17) is 4.42 Å². The summed E-state index contributed by atoms with van der Waals surface area (Å²) in [5.41, 5.74) is 4.85. The molecule has 3 heterocycles. The van der Waals surface area contributed by atoms with Crippen LogP contribution in [0, 0.1) is 0 Å². The number of likely N-dealkylation sites (N-methyl/N-ethyl adjacent to an activating group) is 4. The molecule has 2 aromatic carbocycles. The van der Waals surface area contributed by atoms with Crippen molar-refractivity contribution in [3.8, 4) is 22.5 Å². The van der Waals surface area contributed by atoms with Gasteiger partial charge in [-0.05, 0) is 58.2 Å². The number of carbonyl (C=O) groups excluding carboxylic acids is 6. The molecule has 11 nitrogen and oxygen atoms in total. The lowest BCUT2D eigenvalue weighted by Crippen LogP contribution is -2.52. The Kier molecular flexibility index (Phi) is 6.31. The minimum Gasteiger partial charge on any atom is -0.457 e. The molecule has 3 aliphatic rings. The van der Waals surface area contributed by atoms with Gasteiger partial charge < -0.3 is 4.42 Å². The molecule has 0 atom stereocenters. The van der Waals surface area contributed by atoms with Gasteiger partial charge in [0.05, 0.1) is 0 Å². The summed E-state index contributed by atoms with van der Waals surface area (Å²) in [4.78, 5) is 78.4. The normalized spacial score (nSPS) is 18.0. The first kappa shape index (κ1) is 28.5. The lowest BCUT2D eigenvalue weighted by molar-refractivity contribution is -0.135. The number of benzene rings is 2. The quantitative estimate of drug-likeness (QED) is 0.331. The molecule has 0 unspecified atom stereocenters. The maximum absolute atomic E-state index is 12.7. The number of urea groups is 2. The Morgan fingerprint density at radius 3 is 1.61 bits per heavy atom. The second kappa shape index (κ2) is 9.73. The highest BCUT2D eigenvalue weighted by Crippen LogP contribution is 2.50. The molecule has 222 valence electrons. The van der Waals surface area contributed by atoms with E-state index in [0.717, 1.165) is 47.4 Å². The van der Waals surface area contributed by atoms with Gasteiger partial charge in [0.15, 0.2) is 0 Å². The van der Waals surface area contributed by atoms with Crippen LogP contribution in [0.2, 0.25) is 0 Å². The van der Waals surface area contributed by atoms with Crippen molar-refractivity contribution in [1.82, 2.24) is 19.6 Å². The topological polar surface area (TPSA) is 129 Å². The number of imide groups is 4. The molecule has 2 saturated heterocycles. The van der Waals surface area contributed by atoms with Gasteiger partial charge in [-0.1, -0.05) is 44.2 Å². The fraction of sp³-hybridized carbons (Fsp3) is 0.212. The number of fused-ring (bicyclic) bond motifs is 3. The predicted molar refractivity (Wildman–Crippen MR) is 160 cm³/mol. The summed E-state index contributed by atoms with van der Waals surface area (Å²) in [7, 11) is 5.31. The van der Waals surface area contributed by atoms with E-state index >= 15 is 0 Å². The smallest absolute Gasteiger partial charge is 0.333 e. The molecule has 8 amide bonds. The summed E-state index contributed by atoms with van der Waals surface area (Å²) < 4.78 is 6.01. The molecule has 6 rings (SSSR count). The van der Waals surface area contributed by atoms with Crippen LogP contribution in [-0.4, -0.2) is 83.5 Å². The number of furan rings is 1. The van der Waals surface area contributed by atoms with Crippen LogP contribution in [0.1, 0.15) is 36.3 Å². The van der Waals surface area contributed by atoms with E-state index in [9.17, 15) is 28.8 Å². The summed E-state index contributed by atoms with van der Waals surface area (Å²) in [6.07, 6.45) is 2.85.